The van der Waals surface area contributed by atoms with Crippen molar-refractivity contribution in [2.24, 2.45) is 0 Å². The van der Waals surface area contributed by atoms with E-state index in [-0.39, 0.29) is 16.6 Å². The van der Waals surface area contributed by atoms with Gasteiger partial charge in [0.25, 0.3) is 5.24 Å². The van der Waals surface area contributed by atoms with Gasteiger partial charge in [0.05, 0.1) is 6.10 Å². The minimum Gasteiger partial charge on any atom is -0.480 e. The van der Waals surface area contributed by atoms with E-state index in [2.05, 4.69) is 6.92 Å². The molecule has 0 aliphatic rings. The van der Waals surface area contributed by atoms with Gasteiger partial charge >= 0.3 is 0 Å². The van der Waals surface area contributed by atoms with Crippen LogP contribution in [-0.2, 0) is 4.74 Å². The van der Waals surface area contributed by atoms with E-state index in [0.717, 1.165) is 25.1 Å². The van der Waals surface area contributed by atoms with Gasteiger partial charge in [0.2, 0.25) is 0 Å². The second-order valence-electron chi connectivity index (χ2n) is 5.18. The predicted octanol–water partition coefficient (Wildman–Crippen LogP) is 4.74. The Hall–Kier alpha value is -1.07. The van der Waals surface area contributed by atoms with Gasteiger partial charge in [-0.25, -0.2) is 0 Å². The molecule has 5 heteroatoms. The van der Waals surface area contributed by atoms with E-state index < -0.39 is 0 Å². The van der Waals surface area contributed by atoms with Crippen LogP contribution in [0.5, 0.6) is 0 Å². The zero-order chi connectivity index (χ0) is 16.5. The zero-order valence-electron chi connectivity index (χ0n) is 13.7. The lowest BCUT2D eigenvalue weighted by Crippen LogP contribution is -2.28. The molecule has 0 N–H and O–H groups in total. The molecule has 1 rings (SSSR count). The number of ether oxygens (including phenoxy) is 1. The molecule has 0 aliphatic carbocycles. The Balaban J connectivity index is 2.42. The van der Waals surface area contributed by atoms with Gasteiger partial charge in [0.1, 0.15) is 0 Å². The zero-order valence-corrected chi connectivity index (χ0v) is 15.4. The van der Waals surface area contributed by atoms with E-state index in [1.54, 1.807) is 0 Å². The molecule has 22 heavy (non-hydrogen) atoms. The maximum absolute atomic E-state index is 12.1. The summed E-state index contributed by atoms with van der Waals surface area (Å²) in [7, 11) is 0. The summed E-state index contributed by atoms with van der Waals surface area (Å²) in [6, 6.07) is 9.72. The highest BCUT2D eigenvalue weighted by Gasteiger charge is 2.18. The molecule has 0 heterocycles. The molecule has 0 saturated carbocycles. The highest BCUT2D eigenvalue weighted by molar-refractivity contribution is 8.14. The summed E-state index contributed by atoms with van der Waals surface area (Å²) in [5.74, 6) is 0. The molecule has 0 aliphatic heterocycles. The van der Waals surface area contributed by atoms with Crippen LogP contribution in [0.25, 0.3) is 0 Å². The Morgan fingerprint density at radius 1 is 1.23 bits per heavy atom. The van der Waals surface area contributed by atoms with Crippen molar-refractivity contribution in [3.05, 3.63) is 35.9 Å². The number of thiocarbonyl (C=S) groups is 1. The maximum atomic E-state index is 12.1. The molecule has 1 aromatic rings. The van der Waals surface area contributed by atoms with Gasteiger partial charge in [-0.1, -0.05) is 49.0 Å². The van der Waals surface area contributed by atoms with Crippen LogP contribution >= 0.6 is 24.0 Å². The van der Waals surface area contributed by atoms with Gasteiger partial charge in [0.15, 0.2) is 5.05 Å². The highest BCUT2D eigenvalue weighted by Crippen LogP contribution is 2.21. The Bertz CT molecular complexity index is 475. The van der Waals surface area contributed by atoms with Crippen LogP contribution in [0.1, 0.15) is 39.7 Å². The van der Waals surface area contributed by atoms with Gasteiger partial charge in [-0.3, -0.25) is 4.79 Å². The molecule has 0 radical (unpaired) electrons. The van der Waals surface area contributed by atoms with Crippen LogP contribution in [0.3, 0.4) is 0 Å². The van der Waals surface area contributed by atoms with Crippen LogP contribution in [-0.4, -0.2) is 39.6 Å². The lowest BCUT2D eigenvalue weighted by Gasteiger charge is -2.22. The molecule has 1 aromatic carbocycles. The van der Waals surface area contributed by atoms with Gasteiger partial charge in [0, 0.05) is 23.9 Å². The van der Waals surface area contributed by atoms with Gasteiger partial charge in [-0.2, -0.15) is 0 Å². The molecule has 2 unspecified atom stereocenters. The summed E-state index contributed by atoms with van der Waals surface area (Å²) >= 11 is 6.68. The third kappa shape index (κ3) is 6.36. The van der Waals surface area contributed by atoms with E-state index in [1.165, 1.54) is 11.8 Å². The number of hydrogen-bond donors (Lipinski definition) is 0. The fourth-order valence-corrected chi connectivity index (χ4v) is 3.54. The number of amides is 1. The molecular formula is C17H25NO2S2. The monoisotopic (exact) mass is 339 g/mol. The predicted molar refractivity (Wildman–Crippen MR) is 98.7 cm³/mol. The van der Waals surface area contributed by atoms with Crippen molar-refractivity contribution in [3.8, 4) is 0 Å². The van der Waals surface area contributed by atoms with Crippen molar-refractivity contribution in [2.45, 2.75) is 45.5 Å². The first-order chi connectivity index (χ1) is 10.5. The van der Waals surface area contributed by atoms with Crippen molar-refractivity contribution >= 4 is 34.3 Å². The van der Waals surface area contributed by atoms with E-state index in [1.807, 2.05) is 56.0 Å². The standard InChI is InChI=1S/C17H25NO2S2/c1-5-18(6-2)17(19)22-14(4)12-13(3)20-16(21)15-10-8-7-9-11-15/h7-11,13-14H,5-6,12H2,1-4H3. The summed E-state index contributed by atoms with van der Waals surface area (Å²) in [5.41, 5.74) is 0.920. The normalized spacial score (nSPS) is 13.3. The topological polar surface area (TPSA) is 29.5 Å². The average Bonchev–Trinajstić information content (AvgIpc) is 2.48. The molecule has 122 valence electrons. The number of carbonyl (C=O) groups excluding carboxylic acids is 1. The number of thioether (sulfide) groups is 1. The van der Waals surface area contributed by atoms with E-state index in [4.69, 9.17) is 17.0 Å². The number of nitrogens with zero attached hydrogens (tertiary/aromatic N) is 1. The molecule has 3 nitrogen and oxygen atoms in total. The van der Waals surface area contributed by atoms with Gasteiger partial charge in [-0.15, -0.1) is 0 Å². The Morgan fingerprint density at radius 3 is 2.36 bits per heavy atom. The van der Waals surface area contributed by atoms with Crippen LogP contribution in [0.4, 0.5) is 4.79 Å². The van der Waals surface area contributed by atoms with Crippen LogP contribution in [0, 0.1) is 0 Å². The molecule has 0 aromatic heterocycles. The number of hydrogen-bond acceptors (Lipinski definition) is 4. The lowest BCUT2D eigenvalue weighted by atomic mass is 10.2. The molecule has 0 saturated heterocycles. The van der Waals surface area contributed by atoms with Gasteiger partial charge in [-0.05, 0) is 39.4 Å². The summed E-state index contributed by atoms with van der Waals surface area (Å²) in [6.45, 7) is 9.54. The quantitative estimate of drug-likeness (QED) is 0.671. The largest absolute Gasteiger partial charge is 0.480 e. The smallest absolute Gasteiger partial charge is 0.281 e. The molecule has 2 atom stereocenters. The molecule has 1 amide bonds. The fourth-order valence-electron chi connectivity index (χ4n) is 2.12. The number of carbonyl (C=O) groups is 1. The molecule has 0 fully saturated rings. The fraction of sp³-hybridized carbons (Fsp3) is 0.529. The second-order valence-corrected chi connectivity index (χ2v) is 6.94. The van der Waals surface area contributed by atoms with E-state index in [0.29, 0.717) is 5.05 Å². The molecular weight excluding hydrogens is 314 g/mol. The minimum atomic E-state index is -0.0142. The number of rotatable bonds is 7. The third-order valence-electron chi connectivity index (χ3n) is 3.31. The molecule has 0 spiro atoms. The average molecular weight is 340 g/mol. The third-order valence-corrected chi connectivity index (χ3v) is 4.69. The van der Waals surface area contributed by atoms with Crippen molar-refractivity contribution in [3.63, 3.8) is 0 Å². The van der Waals surface area contributed by atoms with Crippen molar-refractivity contribution in [1.82, 2.24) is 4.90 Å². The highest BCUT2D eigenvalue weighted by atomic mass is 32.2. The first kappa shape index (κ1) is 19.0. The van der Waals surface area contributed by atoms with Gasteiger partial charge < -0.3 is 9.64 Å². The Labute approximate surface area is 143 Å². The van der Waals surface area contributed by atoms with E-state index >= 15 is 0 Å². The Morgan fingerprint density at radius 2 is 1.82 bits per heavy atom. The summed E-state index contributed by atoms with van der Waals surface area (Å²) in [4.78, 5) is 13.9. The first-order valence-electron chi connectivity index (χ1n) is 7.69. The van der Waals surface area contributed by atoms with Crippen molar-refractivity contribution in [1.29, 1.82) is 0 Å². The van der Waals surface area contributed by atoms with E-state index in [9.17, 15) is 4.79 Å². The maximum Gasteiger partial charge on any atom is 0.281 e. The number of benzene rings is 1. The van der Waals surface area contributed by atoms with Crippen molar-refractivity contribution in [2.75, 3.05) is 13.1 Å². The summed E-state index contributed by atoms with van der Waals surface area (Å²) in [5, 5.41) is 0.845. The summed E-state index contributed by atoms with van der Waals surface area (Å²) < 4.78 is 5.79. The van der Waals surface area contributed by atoms with Crippen molar-refractivity contribution < 1.29 is 9.53 Å². The summed E-state index contributed by atoms with van der Waals surface area (Å²) in [6.07, 6.45) is 0.768. The lowest BCUT2D eigenvalue weighted by molar-refractivity contribution is 0.205. The molecule has 0 bridgehead atoms. The second kappa shape index (κ2) is 9.85. The van der Waals surface area contributed by atoms with Crippen LogP contribution in [0.15, 0.2) is 30.3 Å². The minimum absolute atomic E-state index is 0.0142. The SMILES string of the molecule is CCN(CC)C(=O)SC(C)CC(C)OC(=S)c1ccccc1. The Kier molecular flexibility index (Phi) is 8.49. The van der Waals surface area contributed by atoms with Crippen LogP contribution in [0.2, 0.25) is 0 Å². The van der Waals surface area contributed by atoms with Crippen LogP contribution < -0.4 is 0 Å². The first-order valence-corrected chi connectivity index (χ1v) is 8.98.